The Morgan fingerprint density at radius 2 is 1.75 bits per heavy atom. The molecule has 0 aliphatic carbocycles. The fourth-order valence-electron chi connectivity index (χ4n) is 1.58. The summed E-state index contributed by atoms with van der Waals surface area (Å²) in [5.74, 6) is 0.252. The quantitative estimate of drug-likeness (QED) is 0.800. The van der Waals surface area contributed by atoms with Gasteiger partial charge in [0, 0.05) is 9.92 Å². The van der Waals surface area contributed by atoms with Crippen molar-refractivity contribution in [1.82, 2.24) is 0 Å². The summed E-state index contributed by atoms with van der Waals surface area (Å²) in [5.41, 5.74) is 1.19. The van der Waals surface area contributed by atoms with Crippen molar-refractivity contribution >= 4 is 45.6 Å². The molecule has 20 heavy (non-hydrogen) atoms. The summed E-state index contributed by atoms with van der Waals surface area (Å²) in [5, 5.41) is 9.99. The number of halogens is 3. The molecule has 2 aromatic carbocycles. The second-order valence-corrected chi connectivity index (χ2v) is 6.66. The number of benzene rings is 2. The minimum Gasteiger partial charge on any atom is -0.254 e. The van der Waals surface area contributed by atoms with Crippen LogP contribution in [0.4, 0.5) is 0 Å². The topological polar surface area (TPSA) is 40.9 Å². The van der Waals surface area contributed by atoms with E-state index in [1.54, 1.807) is 36.4 Å². The van der Waals surface area contributed by atoms with Gasteiger partial charge < -0.3 is 0 Å². The second kappa shape index (κ2) is 6.60. The van der Waals surface area contributed by atoms with Crippen LogP contribution in [0.3, 0.4) is 0 Å². The molecule has 0 N–H and O–H groups in total. The Balaban J connectivity index is 2.23. The summed E-state index contributed by atoms with van der Waals surface area (Å²) < 4.78 is 12.3. The van der Waals surface area contributed by atoms with Crippen LogP contribution in [0.25, 0.3) is 0 Å². The highest BCUT2D eigenvalue weighted by Gasteiger charge is 2.10. The fourth-order valence-corrected chi connectivity index (χ4v) is 3.44. The van der Waals surface area contributed by atoms with Crippen molar-refractivity contribution in [1.29, 1.82) is 5.26 Å². The van der Waals surface area contributed by atoms with Crippen LogP contribution in [-0.4, -0.2) is 4.21 Å². The van der Waals surface area contributed by atoms with Crippen molar-refractivity contribution < 1.29 is 4.21 Å². The van der Waals surface area contributed by atoms with Gasteiger partial charge in [0.1, 0.15) is 0 Å². The van der Waals surface area contributed by atoms with Gasteiger partial charge in [0.15, 0.2) is 0 Å². The van der Waals surface area contributed by atoms with E-state index in [0.717, 1.165) is 5.56 Å². The van der Waals surface area contributed by atoms with Crippen LogP contribution in [0.15, 0.2) is 41.3 Å². The molecule has 0 heterocycles. The van der Waals surface area contributed by atoms with Crippen LogP contribution in [0.2, 0.25) is 15.1 Å². The lowest BCUT2D eigenvalue weighted by molar-refractivity contribution is 0.682. The SMILES string of the molecule is N#Cc1ccc(CS(=O)c2ccc(Cl)c(Cl)c2)c(Cl)c1. The van der Waals surface area contributed by atoms with Gasteiger partial charge in [-0.25, -0.2) is 0 Å². The van der Waals surface area contributed by atoms with Gasteiger partial charge in [0.25, 0.3) is 0 Å². The van der Waals surface area contributed by atoms with E-state index in [1.807, 2.05) is 6.07 Å². The Bertz CT molecular complexity index is 725. The highest BCUT2D eigenvalue weighted by Crippen LogP contribution is 2.26. The first-order valence-corrected chi connectivity index (χ1v) is 7.98. The van der Waals surface area contributed by atoms with Gasteiger partial charge in [-0.3, -0.25) is 4.21 Å². The van der Waals surface area contributed by atoms with Crippen molar-refractivity contribution in [2.24, 2.45) is 0 Å². The van der Waals surface area contributed by atoms with Gasteiger partial charge in [-0.15, -0.1) is 0 Å². The van der Waals surface area contributed by atoms with Crippen molar-refractivity contribution in [3.05, 3.63) is 62.6 Å². The maximum atomic E-state index is 12.3. The molecule has 0 fully saturated rings. The third-order valence-electron chi connectivity index (χ3n) is 2.62. The third kappa shape index (κ3) is 3.53. The molecule has 0 bridgehead atoms. The summed E-state index contributed by atoms with van der Waals surface area (Å²) in [6, 6.07) is 11.8. The van der Waals surface area contributed by atoms with Crippen LogP contribution >= 0.6 is 34.8 Å². The molecule has 1 atom stereocenters. The molecule has 102 valence electrons. The van der Waals surface area contributed by atoms with E-state index in [-0.39, 0.29) is 5.75 Å². The predicted octanol–water partition coefficient (Wildman–Crippen LogP) is 4.83. The molecule has 1 unspecified atom stereocenters. The van der Waals surface area contributed by atoms with Crippen LogP contribution in [-0.2, 0) is 16.6 Å². The lowest BCUT2D eigenvalue weighted by Crippen LogP contribution is -1.97. The zero-order valence-electron chi connectivity index (χ0n) is 10.1. The molecule has 0 saturated heterocycles. The van der Waals surface area contributed by atoms with E-state index in [0.29, 0.717) is 25.5 Å². The Morgan fingerprint density at radius 3 is 2.35 bits per heavy atom. The molecular formula is C14H8Cl3NOS. The van der Waals surface area contributed by atoms with Gasteiger partial charge in [-0.2, -0.15) is 5.26 Å². The van der Waals surface area contributed by atoms with Crippen LogP contribution in [0, 0.1) is 11.3 Å². The average molecular weight is 345 g/mol. The fraction of sp³-hybridized carbons (Fsp3) is 0.0714. The minimum atomic E-state index is -1.28. The van der Waals surface area contributed by atoms with Crippen LogP contribution in [0.1, 0.15) is 11.1 Å². The summed E-state index contributed by atoms with van der Waals surface area (Å²) >= 11 is 17.8. The molecule has 0 spiro atoms. The van der Waals surface area contributed by atoms with Crippen LogP contribution in [0.5, 0.6) is 0 Å². The summed E-state index contributed by atoms with van der Waals surface area (Å²) in [6.07, 6.45) is 0. The zero-order valence-corrected chi connectivity index (χ0v) is 13.2. The zero-order chi connectivity index (χ0) is 14.7. The molecule has 0 saturated carbocycles. The highest BCUT2D eigenvalue weighted by molar-refractivity contribution is 7.84. The number of hydrogen-bond donors (Lipinski definition) is 0. The molecular weight excluding hydrogens is 337 g/mol. The first-order valence-electron chi connectivity index (χ1n) is 5.53. The largest absolute Gasteiger partial charge is 0.254 e. The van der Waals surface area contributed by atoms with Gasteiger partial charge >= 0.3 is 0 Å². The normalized spacial score (nSPS) is 11.9. The van der Waals surface area contributed by atoms with E-state index < -0.39 is 10.8 Å². The van der Waals surface area contributed by atoms with Gasteiger partial charge in [-0.05, 0) is 35.9 Å². The van der Waals surface area contributed by atoms with E-state index in [4.69, 9.17) is 40.1 Å². The number of nitriles is 1. The molecule has 0 radical (unpaired) electrons. The molecule has 0 aromatic heterocycles. The first kappa shape index (κ1) is 15.3. The van der Waals surface area contributed by atoms with E-state index in [9.17, 15) is 4.21 Å². The molecule has 0 aliphatic heterocycles. The van der Waals surface area contributed by atoms with Gasteiger partial charge in [-0.1, -0.05) is 40.9 Å². The molecule has 2 nitrogen and oxygen atoms in total. The Morgan fingerprint density at radius 1 is 1.00 bits per heavy atom. The molecule has 0 aliphatic rings. The second-order valence-electron chi connectivity index (χ2n) is 3.98. The molecule has 2 aromatic rings. The van der Waals surface area contributed by atoms with Crippen LogP contribution < -0.4 is 0 Å². The van der Waals surface area contributed by atoms with Crippen molar-refractivity contribution in [2.45, 2.75) is 10.6 Å². The molecule has 6 heteroatoms. The van der Waals surface area contributed by atoms with Crippen molar-refractivity contribution in [3.63, 3.8) is 0 Å². The standard InChI is InChI=1S/C14H8Cl3NOS/c15-12-4-3-11(6-14(12)17)20(19)8-10-2-1-9(7-18)5-13(10)16/h1-6H,8H2. The van der Waals surface area contributed by atoms with E-state index >= 15 is 0 Å². The summed E-state index contributed by atoms with van der Waals surface area (Å²) in [7, 11) is -1.28. The van der Waals surface area contributed by atoms with Gasteiger partial charge in [0.2, 0.25) is 0 Å². The molecule has 2 rings (SSSR count). The maximum absolute atomic E-state index is 12.3. The lowest BCUT2D eigenvalue weighted by Gasteiger charge is -2.06. The minimum absolute atomic E-state index is 0.252. The first-order chi connectivity index (χ1) is 9.51. The monoisotopic (exact) mass is 343 g/mol. The van der Waals surface area contributed by atoms with E-state index in [2.05, 4.69) is 0 Å². The third-order valence-corrected chi connectivity index (χ3v) is 5.07. The molecule has 0 amide bonds. The van der Waals surface area contributed by atoms with Crippen molar-refractivity contribution in [3.8, 4) is 6.07 Å². The maximum Gasteiger partial charge on any atom is 0.0992 e. The number of nitrogens with zero attached hydrogens (tertiary/aromatic N) is 1. The highest BCUT2D eigenvalue weighted by atomic mass is 35.5. The smallest absolute Gasteiger partial charge is 0.0992 e. The Kier molecular flexibility index (Phi) is 5.06. The van der Waals surface area contributed by atoms with Crippen molar-refractivity contribution in [2.75, 3.05) is 0 Å². The summed E-state index contributed by atoms with van der Waals surface area (Å²) in [4.78, 5) is 0.583. The average Bonchev–Trinajstić information content (AvgIpc) is 2.43. The van der Waals surface area contributed by atoms with Gasteiger partial charge in [0.05, 0.1) is 38.2 Å². The number of rotatable bonds is 3. The number of hydrogen-bond acceptors (Lipinski definition) is 2. The Hall–Kier alpha value is -1.05. The predicted molar refractivity (Wildman–Crippen MR) is 82.7 cm³/mol. The lowest BCUT2D eigenvalue weighted by atomic mass is 10.2. The van der Waals surface area contributed by atoms with E-state index in [1.165, 1.54) is 0 Å². The summed E-state index contributed by atoms with van der Waals surface area (Å²) in [6.45, 7) is 0. The Labute approximate surface area is 134 Å².